The predicted octanol–water partition coefficient (Wildman–Crippen LogP) is 0.200. The SMILES string of the molecule is CCNC(=O)c1ccc(NC(C)C(=O)OC)nn1. The van der Waals surface area contributed by atoms with E-state index in [-0.39, 0.29) is 11.6 Å². The molecule has 1 aromatic rings. The van der Waals surface area contributed by atoms with Crippen LogP contribution >= 0.6 is 0 Å². The van der Waals surface area contributed by atoms with Gasteiger partial charge in [-0.15, -0.1) is 10.2 Å². The number of aromatic nitrogens is 2. The summed E-state index contributed by atoms with van der Waals surface area (Å²) in [4.78, 5) is 22.6. The third-order valence-corrected chi connectivity index (χ3v) is 2.15. The van der Waals surface area contributed by atoms with Gasteiger partial charge in [0.2, 0.25) is 0 Å². The second kappa shape index (κ2) is 6.53. The van der Waals surface area contributed by atoms with Crippen LogP contribution in [0.1, 0.15) is 24.3 Å². The van der Waals surface area contributed by atoms with E-state index in [2.05, 4.69) is 25.6 Å². The molecule has 0 spiro atoms. The lowest BCUT2D eigenvalue weighted by Gasteiger charge is -2.11. The van der Waals surface area contributed by atoms with Gasteiger partial charge in [-0.2, -0.15) is 0 Å². The van der Waals surface area contributed by atoms with Crippen LogP contribution in [0.2, 0.25) is 0 Å². The molecule has 0 aliphatic carbocycles. The molecule has 1 heterocycles. The van der Waals surface area contributed by atoms with Gasteiger partial charge < -0.3 is 15.4 Å². The average Bonchev–Trinajstić information content (AvgIpc) is 2.38. The second-order valence-corrected chi connectivity index (χ2v) is 3.55. The molecule has 7 nitrogen and oxygen atoms in total. The van der Waals surface area contributed by atoms with E-state index in [0.29, 0.717) is 12.4 Å². The maximum Gasteiger partial charge on any atom is 0.328 e. The number of nitrogens with zero attached hydrogens (tertiary/aromatic N) is 2. The molecule has 0 aromatic carbocycles. The van der Waals surface area contributed by atoms with Crippen LogP contribution in [0.15, 0.2) is 12.1 Å². The Morgan fingerprint density at radius 2 is 2.11 bits per heavy atom. The third kappa shape index (κ3) is 3.69. The van der Waals surface area contributed by atoms with Crippen molar-refractivity contribution in [1.29, 1.82) is 0 Å². The molecule has 1 aromatic heterocycles. The number of anilines is 1. The van der Waals surface area contributed by atoms with Crippen molar-refractivity contribution >= 4 is 17.7 Å². The summed E-state index contributed by atoms with van der Waals surface area (Å²) in [7, 11) is 1.31. The zero-order valence-electron chi connectivity index (χ0n) is 10.6. The molecule has 0 radical (unpaired) electrons. The number of carbonyl (C=O) groups excluding carboxylic acids is 2. The van der Waals surface area contributed by atoms with Gasteiger partial charge in [0.05, 0.1) is 7.11 Å². The molecule has 0 saturated heterocycles. The van der Waals surface area contributed by atoms with Gasteiger partial charge >= 0.3 is 5.97 Å². The molecule has 7 heteroatoms. The van der Waals surface area contributed by atoms with E-state index < -0.39 is 12.0 Å². The molecule has 0 aliphatic rings. The van der Waals surface area contributed by atoms with Crippen molar-refractivity contribution in [3.63, 3.8) is 0 Å². The molecule has 0 bridgehead atoms. The maximum atomic E-state index is 11.4. The van der Waals surface area contributed by atoms with Gasteiger partial charge in [-0.25, -0.2) is 4.79 Å². The predicted molar refractivity (Wildman–Crippen MR) is 65.1 cm³/mol. The number of ether oxygens (including phenoxy) is 1. The largest absolute Gasteiger partial charge is 0.467 e. The summed E-state index contributed by atoms with van der Waals surface area (Å²) in [6.07, 6.45) is 0. The number of methoxy groups -OCH3 is 1. The first-order chi connectivity index (χ1) is 8.58. The minimum absolute atomic E-state index is 0.230. The van der Waals surface area contributed by atoms with Crippen molar-refractivity contribution in [2.45, 2.75) is 19.9 Å². The van der Waals surface area contributed by atoms with Crippen molar-refractivity contribution in [1.82, 2.24) is 15.5 Å². The van der Waals surface area contributed by atoms with Crippen LogP contribution in [-0.4, -0.2) is 41.8 Å². The fraction of sp³-hybridized carbons (Fsp3) is 0.455. The van der Waals surface area contributed by atoms with Crippen LogP contribution in [0, 0.1) is 0 Å². The first-order valence-corrected chi connectivity index (χ1v) is 5.54. The third-order valence-electron chi connectivity index (χ3n) is 2.15. The summed E-state index contributed by atoms with van der Waals surface area (Å²) in [6, 6.07) is 2.58. The van der Waals surface area contributed by atoms with Crippen LogP contribution in [-0.2, 0) is 9.53 Å². The van der Waals surface area contributed by atoms with Gasteiger partial charge in [0, 0.05) is 6.54 Å². The summed E-state index contributed by atoms with van der Waals surface area (Å²) < 4.78 is 4.56. The number of esters is 1. The van der Waals surface area contributed by atoms with Crippen LogP contribution < -0.4 is 10.6 Å². The Bertz CT molecular complexity index is 419. The number of nitrogens with one attached hydrogen (secondary N) is 2. The topological polar surface area (TPSA) is 93.2 Å². The van der Waals surface area contributed by atoms with E-state index in [1.54, 1.807) is 13.0 Å². The van der Waals surface area contributed by atoms with Gasteiger partial charge in [-0.3, -0.25) is 4.79 Å². The highest BCUT2D eigenvalue weighted by Gasteiger charge is 2.13. The number of hydrogen-bond donors (Lipinski definition) is 2. The fourth-order valence-corrected chi connectivity index (χ4v) is 1.24. The van der Waals surface area contributed by atoms with E-state index in [1.807, 2.05) is 6.92 Å². The van der Waals surface area contributed by atoms with E-state index in [9.17, 15) is 9.59 Å². The second-order valence-electron chi connectivity index (χ2n) is 3.55. The normalized spacial score (nSPS) is 11.5. The Hall–Kier alpha value is -2.18. The lowest BCUT2D eigenvalue weighted by molar-refractivity contribution is -0.141. The van der Waals surface area contributed by atoms with Crippen LogP contribution in [0.25, 0.3) is 0 Å². The fourth-order valence-electron chi connectivity index (χ4n) is 1.24. The van der Waals surface area contributed by atoms with E-state index in [0.717, 1.165) is 0 Å². The highest BCUT2D eigenvalue weighted by atomic mass is 16.5. The van der Waals surface area contributed by atoms with Gasteiger partial charge in [0.1, 0.15) is 11.9 Å². The van der Waals surface area contributed by atoms with Gasteiger partial charge in [0.25, 0.3) is 5.91 Å². The minimum Gasteiger partial charge on any atom is -0.467 e. The Balaban J connectivity index is 2.65. The molecule has 0 fully saturated rings. The van der Waals surface area contributed by atoms with Crippen LogP contribution in [0.4, 0.5) is 5.82 Å². The minimum atomic E-state index is -0.528. The summed E-state index contributed by atoms with van der Waals surface area (Å²) in [5, 5.41) is 13.0. The van der Waals surface area contributed by atoms with E-state index in [4.69, 9.17) is 0 Å². The highest BCUT2D eigenvalue weighted by Crippen LogP contribution is 2.04. The summed E-state index contributed by atoms with van der Waals surface area (Å²) in [5.74, 6) is -0.275. The molecule has 1 amide bonds. The first kappa shape index (κ1) is 13.9. The molecular formula is C11H16N4O3. The Morgan fingerprint density at radius 3 is 2.61 bits per heavy atom. The van der Waals surface area contributed by atoms with Gasteiger partial charge in [-0.05, 0) is 26.0 Å². The molecule has 1 atom stereocenters. The van der Waals surface area contributed by atoms with E-state index >= 15 is 0 Å². The van der Waals surface area contributed by atoms with Gasteiger partial charge in [0.15, 0.2) is 5.69 Å². The average molecular weight is 252 g/mol. The number of rotatable bonds is 5. The summed E-state index contributed by atoms with van der Waals surface area (Å²) in [6.45, 7) is 3.99. The van der Waals surface area contributed by atoms with Crippen molar-refractivity contribution in [2.24, 2.45) is 0 Å². The summed E-state index contributed by atoms with van der Waals surface area (Å²) in [5.41, 5.74) is 0.230. The smallest absolute Gasteiger partial charge is 0.328 e. The lowest BCUT2D eigenvalue weighted by atomic mass is 10.3. The molecule has 98 valence electrons. The maximum absolute atomic E-state index is 11.4. The zero-order valence-corrected chi connectivity index (χ0v) is 10.6. The highest BCUT2D eigenvalue weighted by molar-refractivity contribution is 5.92. The Morgan fingerprint density at radius 1 is 1.39 bits per heavy atom. The molecule has 18 heavy (non-hydrogen) atoms. The van der Waals surface area contributed by atoms with Crippen molar-refractivity contribution in [2.75, 3.05) is 19.0 Å². The standard InChI is InChI=1S/C11H16N4O3/c1-4-12-10(16)8-5-6-9(15-14-8)13-7(2)11(17)18-3/h5-7H,4H2,1-3H3,(H,12,16)(H,13,15). The molecule has 1 rings (SSSR count). The van der Waals surface area contributed by atoms with Gasteiger partial charge in [-0.1, -0.05) is 0 Å². The van der Waals surface area contributed by atoms with Crippen LogP contribution in [0.5, 0.6) is 0 Å². The quantitative estimate of drug-likeness (QED) is 0.727. The molecule has 1 unspecified atom stereocenters. The molecular weight excluding hydrogens is 236 g/mol. The van der Waals surface area contributed by atoms with Crippen molar-refractivity contribution in [3.05, 3.63) is 17.8 Å². The summed E-state index contributed by atoms with van der Waals surface area (Å²) >= 11 is 0. The number of carbonyl (C=O) groups is 2. The van der Waals surface area contributed by atoms with Crippen molar-refractivity contribution in [3.8, 4) is 0 Å². The molecule has 0 saturated carbocycles. The molecule has 0 aliphatic heterocycles. The van der Waals surface area contributed by atoms with Crippen LogP contribution in [0.3, 0.4) is 0 Å². The lowest BCUT2D eigenvalue weighted by Crippen LogP contribution is -2.28. The Labute approximate surface area is 105 Å². The molecule has 2 N–H and O–H groups in total. The van der Waals surface area contributed by atoms with E-state index in [1.165, 1.54) is 13.2 Å². The number of amides is 1. The van der Waals surface area contributed by atoms with Crippen molar-refractivity contribution < 1.29 is 14.3 Å². The zero-order chi connectivity index (χ0) is 13.5. The number of hydrogen-bond acceptors (Lipinski definition) is 6. The Kier molecular flexibility index (Phi) is 5.04. The monoisotopic (exact) mass is 252 g/mol. The first-order valence-electron chi connectivity index (χ1n) is 5.54.